The largest absolute Gasteiger partial charge is 0.477 e. The van der Waals surface area contributed by atoms with Crippen molar-refractivity contribution in [3.05, 3.63) is 60.3 Å². The van der Waals surface area contributed by atoms with Crippen LogP contribution in [0.5, 0.6) is 5.88 Å². The summed E-state index contributed by atoms with van der Waals surface area (Å²) in [6.45, 7) is 0.505. The third kappa shape index (κ3) is 3.73. The lowest BCUT2D eigenvalue weighted by atomic mass is 10.2. The van der Waals surface area contributed by atoms with Gasteiger partial charge in [0.1, 0.15) is 0 Å². The summed E-state index contributed by atoms with van der Waals surface area (Å²) in [7, 11) is -2.43. The molecule has 10 nitrogen and oxygen atoms in total. The Morgan fingerprint density at radius 3 is 2.62 bits per heavy atom. The molecule has 4 rings (SSSR count). The summed E-state index contributed by atoms with van der Waals surface area (Å²) < 4.78 is 30.3. The van der Waals surface area contributed by atoms with Crippen LogP contribution in [0.4, 0.5) is 5.82 Å². The van der Waals surface area contributed by atoms with E-state index >= 15 is 0 Å². The Hall–Kier alpha value is -3.57. The number of hydrogen-bond acceptors (Lipinski definition) is 8. The molecular formula is C18H17N7O3S. The van der Waals surface area contributed by atoms with E-state index in [1.54, 1.807) is 12.1 Å². The molecule has 11 heteroatoms. The van der Waals surface area contributed by atoms with Gasteiger partial charge < -0.3 is 10.1 Å². The fraction of sp³-hybridized carbons (Fsp3) is 0.111. The van der Waals surface area contributed by atoms with Crippen molar-refractivity contribution in [1.82, 2.24) is 25.0 Å². The van der Waals surface area contributed by atoms with Gasteiger partial charge in [-0.05, 0) is 17.7 Å². The summed E-state index contributed by atoms with van der Waals surface area (Å²) in [4.78, 5) is 4.43. The maximum absolute atomic E-state index is 11.8. The molecule has 3 N–H and O–H groups in total. The lowest BCUT2D eigenvalue weighted by Crippen LogP contribution is -2.12. The summed E-state index contributed by atoms with van der Waals surface area (Å²) in [6.07, 6.45) is 1.40. The molecule has 0 atom stereocenters. The topological polar surface area (TPSA) is 138 Å². The third-order valence-electron chi connectivity index (χ3n) is 4.21. The van der Waals surface area contributed by atoms with Crippen molar-refractivity contribution in [2.24, 2.45) is 5.14 Å². The monoisotopic (exact) mass is 411 g/mol. The number of methoxy groups -OCH3 is 1. The molecule has 2 aromatic heterocycles. The Morgan fingerprint density at radius 2 is 1.90 bits per heavy atom. The maximum Gasteiger partial charge on any atom is 0.276 e. The van der Waals surface area contributed by atoms with Crippen LogP contribution in [-0.4, -0.2) is 40.5 Å². The molecule has 0 aliphatic rings. The predicted octanol–water partition coefficient (Wildman–Crippen LogP) is 1.48. The zero-order valence-corrected chi connectivity index (χ0v) is 16.2. The number of anilines is 1. The minimum absolute atomic E-state index is 0.0230. The summed E-state index contributed by atoms with van der Waals surface area (Å²) in [5.74, 6) is 0.766. The normalized spacial score (nSPS) is 11.5. The fourth-order valence-corrected chi connectivity index (χ4v) is 3.60. The second-order valence-corrected chi connectivity index (χ2v) is 7.63. The van der Waals surface area contributed by atoms with Crippen LogP contribution in [0.1, 0.15) is 5.56 Å². The SMILES string of the molecule is COc1nnc(-n2ncc3c(S(N)(=O)=O)cccc32)nc1NCc1ccccc1. The first-order valence-electron chi connectivity index (χ1n) is 8.54. The van der Waals surface area contributed by atoms with Crippen LogP contribution in [0, 0.1) is 0 Å². The summed E-state index contributed by atoms with van der Waals surface area (Å²) >= 11 is 0. The number of sulfonamides is 1. The van der Waals surface area contributed by atoms with Crippen LogP contribution in [0.15, 0.2) is 59.6 Å². The van der Waals surface area contributed by atoms with Gasteiger partial charge in [-0.3, -0.25) is 0 Å². The van der Waals surface area contributed by atoms with E-state index in [0.29, 0.717) is 23.3 Å². The van der Waals surface area contributed by atoms with Crippen molar-refractivity contribution in [2.75, 3.05) is 12.4 Å². The first-order valence-corrected chi connectivity index (χ1v) is 10.1. The Balaban J connectivity index is 1.74. The molecule has 0 radical (unpaired) electrons. The molecule has 0 saturated carbocycles. The molecule has 0 amide bonds. The molecule has 0 aliphatic heterocycles. The van der Waals surface area contributed by atoms with Crippen molar-refractivity contribution in [1.29, 1.82) is 0 Å². The second kappa shape index (κ2) is 7.45. The van der Waals surface area contributed by atoms with E-state index in [0.717, 1.165) is 5.56 Å². The van der Waals surface area contributed by atoms with Crippen molar-refractivity contribution in [3.8, 4) is 11.8 Å². The van der Waals surface area contributed by atoms with Crippen LogP contribution < -0.4 is 15.2 Å². The van der Waals surface area contributed by atoms with E-state index in [4.69, 9.17) is 9.88 Å². The van der Waals surface area contributed by atoms with Crippen LogP contribution >= 0.6 is 0 Å². The number of nitrogens with one attached hydrogen (secondary N) is 1. The van der Waals surface area contributed by atoms with Gasteiger partial charge in [0.2, 0.25) is 10.0 Å². The maximum atomic E-state index is 11.8. The predicted molar refractivity (Wildman–Crippen MR) is 106 cm³/mol. The summed E-state index contributed by atoms with van der Waals surface area (Å²) in [6, 6.07) is 14.5. The van der Waals surface area contributed by atoms with E-state index in [2.05, 4.69) is 25.6 Å². The molecule has 2 heterocycles. The zero-order valence-electron chi connectivity index (χ0n) is 15.3. The van der Waals surface area contributed by atoms with E-state index in [1.807, 2.05) is 30.3 Å². The smallest absolute Gasteiger partial charge is 0.276 e. The second-order valence-electron chi connectivity index (χ2n) is 6.10. The quantitative estimate of drug-likeness (QED) is 0.486. The van der Waals surface area contributed by atoms with Crippen LogP contribution in [0.2, 0.25) is 0 Å². The standard InChI is InChI=1S/C18H17N7O3S/c1-28-17-16(20-10-12-6-3-2-4-7-12)22-18(24-23-17)25-14-8-5-9-15(29(19,26)27)13(14)11-21-25/h2-9,11H,10H2,1H3,(H2,19,26,27)(H,20,22,24). The number of nitrogens with zero attached hydrogens (tertiary/aromatic N) is 5. The van der Waals surface area contributed by atoms with Crippen molar-refractivity contribution in [2.45, 2.75) is 11.4 Å². The van der Waals surface area contributed by atoms with E-state index in [1.165, 1.54) is 24.1 Å². The lowest BCUT2D eigenvalue weighted by molar-refractivity contribution is 0.390. The number of rotatable bonds is 6. The molecule has 0 aliphatic carbocycles. The Labute approximate surface area is 166 Å². The van der Waals surface area contributed by atoms with Gasteiger partial charge in [-0.15, -0.1) is 10.2 Å². The highest BCUT2D eigenvalue weighted by Crippen LogP contribution is 2.25. The van der Waals surface area contributed by atoms with Crippen molar-refractivity contribution in [3.63, 3.8) is 0 Å². The zero-order chi connectivity index (χ0) is 20.4. The van der Waals surface area contributed by atoms with E-state index in [-0.39, 0.29) is 16.7 Å². The number of primary sulfonamides is 1. The van der Waals surface area contributed by atoms with Gasteiger partial charge in [-0.1, -0.05) is 36.4 Å². The highest BCUT2D eigenvalue weighted by atomic mass is 32.2. The van der Waals surface area contributed by atoms with Crippen molar-refractivity contribution < 1.29 is 13.2 Å². The molecule has 2 aromatic carbocycles. The molecule has 0 unspecified atom stereocenters. The highest BCUT2D eigenvalue weighted by molar-refractivity contribution is 7.89. The Morgan fingerprint density at radius 1 is 1.10 bits per heavy atom. The molecular weight excluding hydrogens is 394 g/mol. The molecule has 0 spiro atoms. The van der Waals surface area contributed by atoms with Gasteiger partial charge in [-0.25, -0.2) is 13.6 Å². The molecule has 0 bridgehead atoms. The number of benzene rings is 2. The first-order chi connectivity index (χ1) is 14.0. The van der Waals surface area contributed by atoms with Crippen molar-refractivity contribution >= 4 is 26.7 Å². The molecule has 29 heavy (non-hydrogen) atoms. The molecule has 0 saturated heterocycles. The van der Waals surface area contributed by atoms with Crippen LogP contribution in [-0.2, 0) is 16.6 Å². The fourth-order valence-electron chi connectivity index (χ4n) is 2.86. The molecule has 148 valence electrons. The van der Waals surface area contributed by atoms with Gasteiger partial charge >= 0.3 is 0 Å². The highest BCUT2D eigenvalue weighted by Gasteiger charge is 2.18. The average molecular weight is 411 g/mol. The minimum atomic E-state index is -3.90. The van der Waals surface area contributed by atoms with Gasteiger partial charge in [0.15, 0.2) is 5.82 Å². The minimum Gasteiger partial charge on any atom is -0.477 e. The van der Waals surface area contributed by atoms with E-state index < -0.39 is 10.0 Å². The number of ether oxygens (including phenoxy) is 1. The van der Waals surface area contributed by atoms with Gasteiger partial charge in [-0.2, -0.15) is 14.8 Å². The number of fused-ring (bicyclic) bond motifs is 1. The van der Waals surface area contributed by atoms with Gasteiger partial charge in [0.25, 0.3) is 11.8 Å². The van der Waals surface area contributed by atoms with Gasteiger partial charge in [0.05, 0.1) is 23.7 Å². The van der Waals surface area contributed by atoms with Gasteiger partial charge in [0, 0.05) is 11.9 Å². The summed E-state index contributed by atoms with van der Waals surface area (Å²) in [5, 5.41) is 21.1. The lowest BCUT2D eigenvalue weighted by Gasteiger charge is -2.10. The van der Waals surface area contributed by atoms with Crippen LogP contribution in [0.25, 0.3) is 16.9 Å². The molecule has 4 aromatic rings. The van der Waals surface area contributed by atoms with Crippen LogP contribution in [0.3, 0.4) is 0 Å². The average Bonchev–Trinajstić information content (AvgIpc) is 3.16. The summed E-state index contributed by atoms with van der Waals surface area (Å²) in [5.41, 5.74) is 1.54. The first kappa shape index (κ1) is 18.8. The number of hydrogen-bond donors (Lipinski definition) is 2. The Kier molecular flexibility index (Phi) is 4.82. The number of aromatic nitrogens is 5. The molecule has 0 fully saturated rings. The Bertz CT molecular complexity index is 1270. The van der Waals surface area contributed by atoms with E-state index in [9.17, 15) is 8.42 Å². The third-order valence-corrected chi connectivity index (χ3v) is 5.18. The number of nitrogens with two attached hydrogens (primary N) is 1.